The van der Waals surface area contributed by atoms with Crippen LogP contribution in [0.4, 0.5) is 0 Å². The molecule has 2 aliphatic carbocycles. The first-order chi connectivity index (χ1) is 9.61. The highest BCUT2D eigenvalue weighted by Crippen LogP contribution is 2.53. The third-order valence-corrected chi connectivity index (χ3v) is 5.84. The fourth-order valence-electron chi connectivity index (χ4n) is 4.21. The first kappa shape index (κ1) is 12.7. The summed E-state index contributed by atoms with van der Waals surface area (Å²) in [5.74, 6) is 1.85. The maximum atomic E-state index is 11.4. The van der Waals surface area contributed by atoms with Crippen LogP contribution in [0.1, 0.15) is 37.4 Å². The molecule has 5 heteroatoms. The summed E-state index contributed by atoms with van der Waals surface area (Å²) in [7, 11) is 0. The van der Waals surface area contributed by atoms with Crippen molar-refractivity contribution in [1.82, 2.24) is 9.97 Å². The molecule has 4 unspecified atom stereocenters. The average Bonchev–Trinajstić information content (AvgIpc) is 3.10. The van der Waals surface area contributed by atoms with Gasteiger partial charge in [0.15, 0.2) is 0 Å². The van der Waals surface area contributed by atoms with Crippen LogP contribution in [0.15, 0.2) is 21.4 Å². The molecule has 3 N–H and O–H groups in total. The maximum absolute atomic E-state index is 11.4. The smallest absolute Gasteiger partial charge is 0.323 e. The number of H-pyrrole nitrogens is 2. The van der Waals surface area contributed by atoms with Crippen molar-refractivity contribution in [2.45, 2.75) is 31.8 Å². The Morgan fingerprint density at radius 3 is 2.60 bits per heavy atom. The number of fused-ring (bicyclic) bond motifs is 3. The summed E-state index contributed by atoms with van der Waals surface area (Å²) in [5.41, 5.74) is 2.21. The summed E-state index contributed by atoms with van der Waals surface area (Å²) < 4.78 is 0.871. The maximum Gasteiger partial charge on any atom is 0.323 e. The van der Waals surface area contributed by atoms with Crippen molar-refractivity contribution in [1.29, 1.82) is 0 Å². The van der Waals surface area contributed by atoms with Gasteiger partial charge >= 0.3 is 5.69 Å². The van der Waals surface area contributed by atoms with Crippen LogP contribution in [0.3, 0.4) is 0 Å². The fourth-order valence-corrected chi connectivity index (χ4v) is 4.79. The Bertz CT molecular complexity index is 720. The Morgan fingerprint density at radius 2 is 1.95 bits per heavy atom. The molecule has 4 rings (SSSR count). The molecule has 106 valence electrons. The Morgan fingerprint density at radius 1 is 1.20 bits per heavy atom. The first-order valence-corrected chi connectivity index (χ1v) is 8.00. The number of aromatic nitrogens is 2. The number of aromatic amines is 2. The minimum absolute atomic E-state index is 0.210. The van der Waals surface area contributed by atoms with Gasteiger partial charge in [0.05, 0.1) is 17.1 Å². The number of hydrogen-bond donors (Lipinski definition) is 3. The third kappa shape index (κ3) is 1.87. The molecule has 4 nitrogen and oxygen atoms in total. The van der Waals surface area contributed by atoms with E-state index in [4.69, 9.17) is 0 Å². The molecule has 0 spiro atoms. The predicted molar refractivity (Wildman–Crippen MR) is 80.5 cm³/mol. The molecular weight excluding hydrogens is 320 g/mol. The first-order valence-electron chi connectivity index (χ1n) is 7.21. The van der Waals surface area contributed by atoms with Gasteiger partial charge in [-0.3, -0.25) is 0 Å². The molecule has 2 bridgehead atoms. The summed E-state index contributed by atoms with van der Waals surface area (Å²) in [6.07, 6.45) is 4.57. The van der Waals surface area contributed by atoms with Gasteiger partial charge in [-0.15, -0.1) is 0 Å². The second kappa shape index (κ2) is 4.46. The van der Waals surface area contributed by atoms with Gasteiger partial charge in [0, 0.05) is 4.47 Å². The number of aliphatic hydroxyl groups excluding tert-OH is 1. The van der Waals surface area contributed by atoms with Gasteiger partial charge in [-0.05, 0) is 54.7 Å². The van der Waals surface area contributed by atoms with Gasteiger partial charge in [-0.2, -0.15) is 0 Å². The van der Waals surface area contributed by atoms with Crippen molar-refractivity contribution in [3.8, 4) is 0 Å². The Balaban J connectivity index is 1.73. The number of benzene rings is 1. The van der Waals surface area contributed by atoms with E-state index in [2.05, 4.69) is 25.9 Å². The van der Waals surface area contributed by atoms with Crippen molar-refractivity contribution < 1.29 is 5.11 Å². The van der Waals surface area contributed by atoms with Crippen LogP contribution < -0.4 is 5.69 Å². The highest BCUT2D eigenvalue weighted by molar-refractivity contribution is 9.10. The van der Waals surface area contributed by atoms with E-state index in [1.54, 1.807) is 0 Å². The molecule has 2 saturated carbocycles. The minimum atomic E-state index is -0.442. The number of rotatable bonds is 2. The molecule has 0 saturated heterocycles. The molecule has 0 radical (unpaired) electrons. The zero-order valence-electron chi connectivity index (χ0n) is 11.0. The van der Waals surface area contributed by atoms with Crippen LogP contribution in [-0.4, -0.2) is 15.1 Å². The molecule has 20 heavy (non-hydrogen) atoms. The molecule has 4 atom stereocenters. The Kier molecular flexibility index (Phi) is 2.82. The topological polar surface area (TPSA) is 68.9 Å². The standard InChI is InChI=1S/C15H17BrN2O2/c16-11-6-13-12(17-15(20)18-13)5-10(11)14(19)9-4-7-1-2-8(9)3-7/h5-9,14,19H,1-4H2,(H2,17,18,20). The quantitative estimate of drug-likeness (QED) is 0.788. The van der Waals surface area contributed by atoms with Crippen molar-refractivity contribution in [3.05, 3.63) is 32.7 Å². The normalized spacial score (nSPS) is 30.2. The van der Waals surface area contributed by atoms with E-state index in [1.807, 2.05) is 12.1 Å². The van der Waals surface area contributed by atoms with Crippen LogP contribution in [-0.2, 0) is 0 Å². The van der Waals surface area contributed by atoms with Gasteiger partial charge in [-0.25, -0.2) is 4.79 Å². The number of imidazole rings is 1. The Labute approximate surface area is 124 Å². The average molecular weight is 337 g/mol. The second-order valence-corrected chi connectivity index (χ2v) is 7.14. The van der Waals surface area contributed by atoms with E-state index in [-0.39, 0.29) is 5.69 Å². The lowest BCUT2D eigenvalue weighted by Crippen LogP contribution is -2.19. The van der Waals surface area contributed by atoms with Gasteiger partial charge < -0.3 is 15.1 Å². The third-order valence-electron chi connectivity index (χ3n) is 5.15. The lowest BCUT2D eigenvalue weighted by atomic mass is 9.82. The van der Waals surface area contributed by atoms with E-state index in [0.717, 1.165) is 33.4 Å². The SMILES string of the molecule is O=c1[nH]c2cc(Br)c(C(O)C3CC4CCC3C4)cc2[nH]1. The zero-order valence-corrected chi connectivity index (χ0v) is 12.6. The second-order valence-electron chi connectivity index (χ2n) is 6.28. The van der Waals surface area contributed by atoms with Gasteiger partial charge in [-0.1, -0.05) is 22.4 Å². The minimum Gasteiger partial charge on any atom is -0.388 e. The van der Waals surface area contributed by atoms with Gasteiger partial charge in [0.1, 0.15) is 0 Å². The molecule has 2 aliphatic rings. The van der Waals surface area contributed by atoms with E-state index in [0.29, 0.717) is 11.8 Å². The summed E-state index contributed by atoms with van der Waals surface area (Å²) in [4.78, 5) is 16.9. The highest BCUT2D eigenvalue weighted by atomic mass is 79.9. The molecule has 0 amide bonds. The largest absolute Gasteiger partial charge is 0.388 e. The summed E-state index contributed by atoms with van der Waals surface area (Å²) >= 11 is 3.53. The van der Waals surface area contributed by atoms with Crippen LogP contribution in [0, 0.1) is 17.8 Å². The number of halogens is 1. The van der Waals surface area contributed by atoms with E-state index in [1.165, 1.54) is 19.3 Å². The number of hydrogen-bond acceptors (Lipinski definition) is 2. The van der Waals surface area contributed by atoms with E-state index < -0.39 is 6.10 Å². The fraction of sp³-hybridized carbons (Fsp3) is 0.533. The van der Waals surface area contributed by atoms with Crippen molar-refractivity contribution in [2.75, 3.05) is 0 Å². The van der Waals surface area contributed by atoms with Crippen LogP contribution in [0.2, 0.25) is 0 Å². The number of aliphatic hydroxyl groups is 1. The molecule has 2 aromatic rings. The summed E-state index contributed by atoms with van der Waals surface area (Å²) in [6.45, 7) is 0. The molecule has 0 aliphatic heterocycles. The van der Waals surface area contributed by atoms with Crippen molar-refractivity contribution in [3.63, 3.8) is 0 Å². The summed E-state index contributed by atoms with van der Waals surface area (Å²) in [5, 5.41) is 10.8. The van der Waals surface area contributed by atoms with Crippen LogP contribution >= 0.6 is 15.9 Å². The number of nitrogens with one attached hydrogen (secondary N) is 2. The zero-order chi connectivity index (χ0) is 13.9. The van der Waals surface area contributed by atoms with Crippen molar-refractivity contribution >= 4 is 27.0 Å². The molecule has 1 heterocycles. The monoisotopic (exact) mass is 336 g/mol. The van der Waals surface area contributed by atoms with Crippen LogP contribution in [0.25, 0.3) is 11.0 Å². The summed E-state index contributed by atoms with van der Waals surface area (Å²) in [6, 6.07) is 3.77. The van der Waals surface area contributed by atoms with E-state index in [9.17, 15) is 9.90 Å². The Hall–Kier alpha value is -1.07. The lowest BCUT2D eigenvalue weighted by Gasteiger charge is -2.27. The molecular formula is C15H17BrN2O2. The van der Waals surface area contributed by atoms with Gasteiger partial charge in [0.2, 0.25) is 0 Å². The lowest BCUT2D eigenvalue weighted by molar-refractivity contribution is 0.0740. The predicted octanol–water partition coefficient (Wildman–Crippen LogP) is 3.09. The van der Waals surface area contributed by atoms with Crippen LogP contribution in [0.5, 0.6) is 0 Å². The molecule has 1 aromatic heterocycles. The van der Waals surface area contributed by atoms with Gasteiger partial charge in [0.25, 0.3) is 0 Å². The molecule has 2 fully saturated rings. The highest BCUT2D eigenvalue weighted by Gasteiger charge is 2.43. The molecule has 1 aromatic carbocycles. The van der Waals surface area contributed by atoms with Crippen molar-refractivity contribution in [2.24, 2.45) is 17.8 Å². The van der Waals surface area contributed by atoms with E-state index >= 15 is 0 Å².